The van der Waals surface area contributed by atoms with Crippen molar-refractivity contribution < 1.29 is 11.6 Å². The van der Waals surface area contributed by atoms with Gasteiger partial charge in [-0.15, -0.1) is 12.4 Å². The van der Waals surface area contributed by atoms with E-state index < -0.39 is 12.1 Å². The average Bonchev–Trinajstić information content (AvgIpc) is 2.58. The van der Waals surface area contributed by atoms with E-state index in [0.717, 1.165) is 5.56 Å². The normalized spacial score (nSPS) is 15.0. The molecule has 1 N–H and O–H groups in total. The fraction of sp³-hybridized carbons (Fsp3) is 0.294. The van der Waals surface area contributed by atoms with Gasteiger partial charge < -0.3 is 10.1 Å². The van der Waals surface area contributed by atoms with Crippen LogP contribution < -0.4 is 10.1 Å². The second kappa shape index (κ2) is 8.62. The van der Waals surface area contributed by atoms with Crippen molar-refractivity contribution in [3.63, 3.8) is 0 Å². The Hall–Kier alpha value is -1.51. The van der Waals surface area contributed by atoms with Gasteiger partial charge in [-0.1, -0.05) is 48.4 Å². The summed E-state index contributed by atoms with van der Waals surface area (Å²) in [4.78, 5) is 0. The molecule has 0 spiro atoms. The van der Waals surface area contributed by atoms with Crippen LogP contribution in [0.3, 0.4) is 0 Å². The molecule has 0 saturated heterocycles. The van der Waals surface area contributed by atoms with Gasteiger partial charge in [-0.2, -0.15) is 0 Å². The second-order valence-corrected chi connectivity index (χ2v) is 4.30. The van der Waals surface area contributed by atoms with Crippen LogP contribution in [0.1, 0.15) is 30.5 Å². The summed E-state index contributed by atoms with van der Waals surface area (Å²) in [5.74, 6) is 0.644. The Morgan fingerprint density at radius 3 is 2.55 bits per heavy atom. The molecule has 0 aromatic heterocycles. The molecule has 0 saturated carbocycles. The van der Waals surface area contributed by atoms with Gasteiger partial charge in [-0.05, 0) is 37.7 Å². The maximum atomic E-state index is 8.15. The van der Waals surface area contributed by atoms with E-state index in [0.29, 0.717) is 18.7 Å². The molecule has 0 heterocycles. The van der Waals surface area contributed by atoms with E-state index in [9.17, 15) is 0 Å². The van der Waals surface area contributed by atoms with Gasteiger partial charge in [0.15, 0.2) is 0 Å². The summed E-state index contributed by atoms with van der Waals surface area (Å²) < 4.78 is 45.8. The van der Waals surface area contributed by atoms with Crippen LogP contribution in [0.15, 0.2) is 54.5 Å². The first-order valence-corrected chi connectivity index (χ1v) is 6.32. The number of benzene rings is 2. The lowest BCUT2D eigenvalue weighted by atomic mass is 10.1. The van der Waals surface area contributed by atoms with Crippen molar-refractivity contribution in [2.24, 2.45) is 0 Å². The molecule has 3 heteroatoms. The number of hydrogen-bond acceptors (Lipinski definition) is 2. The van der Waals surface area contributed by atoms with Crippen molar-refractivity contribution in [3.05, 3.63) is 65.6 Å². The highest BCUT2D eigenvalue weighted by molar-refractivity contribution is 5.85. The van der Waals surface area contributed by atoms with Crippen molar-refractivity contribution in [1.82, 2.24) is 5.32 Å². The first-order chi connectivity index (χ1) is 11.4. The molecule has 1 atom stereocenters. The van der Waals surface area contributed by atoms with E-state index in [-0.39, 0.29) is 42.1 Å². The third-order valence-corrected chi connectivity index (χ3v) is 2.86. The minimum absolute atomic E-state index is 0. The van der Waals surface area contributed by atoms with Gasteiger partial charge in [-0.25, -0.2) is 0 Å². The quantitative estimate of drug-likeness (QED) is 0.865. The Morgan fingerprint density at radius 2 is 1.90 bits per heavy atom. The zero-order chi connectivity index (χ0) is 17.9. The Balaban J connectivity index is 0.00000312. The fourth-order valence-electron chi connectivity index (χ4n) is 1.80. The van der Waals surface area contributed by atoms with Crippen molar-refractivity contribution in [1.29, 1.82) is 0 Å². The molecule has 20 heavy (non-hydrogen) atoms. The monoisotopic (exact) mass is 296 g/mol. The number of rotatable bonds is 6. The van der Waals surface area contributed by atoms with Gasteiger partial charge >= 0.3 is 0 Å². The molecule has 2 aromatic carbocycles. The van der Waals surface area contributed by atoms with Crippen LogP contribution in [0.4, 0.5) is 0 Å². The molecule has 108 valence electrons. The zero-order valence-corrected chi connectivity index (χ0v) is 12.4. The van der Waals surface area contributed by atoms with Crippen molar-refractivity contribution >= 4 is 12.4 Å². The SMILES string of the molecule is Cl.[2H]c1c([2H])c([2H])c([C@@H](CCNC)Oc2ccccc2C)c([2H])c1[2H]. The Labute approximate surface area is 134 Å². The molecule has 2 aromatic rings. The number of hydrogen-bond donors (Lipinski definition) is 1. The summed E-state index contributed by atoms with van der Waals surface area (Å²) in [6, 6.07) is 5.98. The molecule has 0 unspecified atom stereocenters. The predicted molar refractivity (Wildman–Crippen MR) is 86.8 cm³/mol. The van der Waals surface area contributed by atoms with Crippen LogP contribution >= 0.6 is 12.4 Å². The molecular weight excluding hydrogens is 270 g/mol. The minimum atomic E-state index is -0.632. The van der Waals surface area contributed by atoms with Gasteiger partial charge in [0.2, 0.25) is 0 Å². The minimum Gasteiger partial charge on any atom is -0.485 e. The average molecular weight is 297 g/mol. The van der Waals surface area contributed by atoms with Crippen LogP contribution in [0.2, 0.25) is 0 Å². The highest BCUT2D eigenvalue weighted by atomic mass is 35.5. The van der Waals surface area contributed by atoms with Crippen LogP contribution in [-0.4, -0.2) is 13.6 Å². The predicted octanol–water partition coefficient (Wildman–Crippen LogP) is 4.15. The number of ether oxygens (including phenoxy) is 1. The van der Waals surface area contributed by atoms with Crippen LogP contribution in [0.5, 0.6) is 5.75 Å². The first kappa shape index (κ1) is 10.3. The standard InChI is InChI=1S/C17H21NO.ClH/c1-14-8-6-7-11-16(14)19-17(12-13-18-2)15-9-4-3-5-10-15;/h3-11,17-18H,12-13H2,1-2H3;1H/t17-;/m1./s1/i3D,4D,5D,9D,10D;. The maximum Gasteiger partial charge on any atom is 0.125 e. The largest absolute Gasteiger partial charge is 0.485 e. The Kier molecular flexibility index (Phi) is 4.42. The molecule has 0 aliphatic rings. The summed E-state index contributed by atoms with van der Waals surface area (Å²) in [5.41, 5.74) is 1.12. The molecule has 0 radical (unpaired) electrons. The molecule has 0 amide bonds. The third kappa shape index (κ3) is 4.55. The molecule has 0 aliphatic carbocycles. The number of aryl methyl sites for hydroxylation is 1. The van der Waals surface area contributed by atoms with Crippen LogP contribution in [0.25, 0.3) is 0 Å². The summed E-state index contributed by atoms with van der Waals surface area (Å²) in [5, 5.41) is 3.01. The maximum absolute atomic E-state index is 8.15. The summed E-state index contributed by atoms with van der Waals surface area (Å²) in [6.07, 6.45) is -0.147. The lowest BCUT2D eigenvalue weighted by molar-refractivity contribution is 0.193. The van der Waals surface area contributed by atoms with E-state index in [1.807, 2.05) is 31.2 Å². The molecule has 0 bridgehead atoms. The van der Waals surface area contributed by atoms with Gasteiger partial charge in [0.05, 0.1) is 6.85 Å². The van der Waals surface area contributed by atoms with E-state index in [1.54, 1.807) is 7.05 Å². The van der Waals surface area contributed by atoms with Crippen LogP contribution in [-0.2, 0) is 0 Å². The zero-order valence-electron chi connectivity index (χ0n) is 16.6. The molecule has 0 aliphatic heterocycles. The Bertz CT molecular complexity index is 712. The van der Waals surface area contributed by atoms with E-state index >= 15 is 0 Å². The van der Waals surface area contributed by atoms with Gasteiger partial charge in [0.25, 0.3) is 0 Å². The van der Waals surface area contributed by atoms with Crippen molar-refractivity contribution in [3.8, 4) is 5.75 Å². The van der Waals surface area contributed by atoms with Gasteiger partial charge in [0, 0.05) is 6.42 Å². The van der Waals surface area contributed by atoms with Gasteiger partial charge in [0.1, 0.15) is 11.9 Å². The molecule has 0 fully saturated rings. The van der Waals surface area contributed by atoms with E-state index in [1.165, 1.54) is 0 Å². The highest BCUT2D eigenvalue weighted by Gasteiger charge is 2.13. The first-order valence-electron chi connectivity index (χ1n) is 8.82. The Morgan fingerprint density at radius 1 is 1.20 bits per heavy atom. The van der Waals surface area contributed by atoms with E-state index in [4.69, 9.17) is 11.6 Å². The highest BCUT2D eigenvalue weighted by Crippen LogP contribution is 2.26. The third-order valence-electron chi connectivity index (χ3n) is 2.86. The summed E-state index contributed by atoms with van der Waals surface area (Å²) in [7, 11) is 1.80. The lowest BCUT2D eigenvalue weighted by Gasteiger charge is -2.20. The van der Waals surface area contributed by atoms with Gasteiger partial charge in [-0.3, -0.25) is 0 Å². The lowest BCUT2D eigenvalue weighted by Crippen LogP contribution is -2.16. The summed E-state index contributed by atoms with van der Waals surface area (Å²) >= 11 is 0. The summed E-state index contributed by atoms with van der Waals surface area (Å²) in [6.45, 7) is 2.51. The van der Waals surface area contributed by atoms with E-state index in [2.05, 4.69) is 5.32 Å². The fourth-order valence-corrected chi connectivity index (χ4v) is 1.80. The van der Waals surface area contributed by atoms with Crippen LogP contribution in [0, 0.1) is 6.92 Å². The molecule has 2 rings (SSSR count). The smallest absolute Gasteiger partial charge is 0.125 e. The number of nitrogens with one attached hydrogen (secondary N) is 1. The molecular formula is C17H22ClNO. The number of para-hydroxylation sites is 1. The van der Waals surface area contributed by atoms with Crippen molar-refractivity contribution in [2.75, 3.05) is 13.6 Å². The van der Waals surface area contributed by atoms with Crippen molar-refractivity contribution in [2.45, 2.75) is 19.4 Å². The molecule has 2 nitrogen and oxygen atoms in total. The number of halogens is 1. The topological polar surface area (TPSA) is 21.3 Å². The second-order valence-electron chi connectivity index (χ2n) is 4.30.